The Kier molecular flexibility index (Phi) is 4.40. The second kappa shape index (κ2) is 6.23. The average Bonchev–Trinajstić information content (AvgIpc) is 2.86. The van der Waals surface area contributed by atoms with Crippen LogP contribution in [0.15, 0.2) is 36.5 Å². The van der Waals surface area contributed by atoms with Gasteiger partial charge in [-0.25, -0.2) is 4.68 Å². The second-order valence-corrected chi connectivity index (χ2v) is 4.84. The Morgan fingerprint density at radius 1 is 1.25 bits per heavy atom. The molecule has 0 atom stereocenters. The van der Waals surface area contributed by atoms with Crippen LogP contribution in [0.25, 0.3) is 0 Å². The largest absolute Gasteiger partial charge is 0.378 e. The van der Waals surface area contributed by atoms with Crippen molar-refractivity contribution < 1.29 is 4.79 Å². The number of aromatic nitrogens is 2. The number of nitrogens with one attached hydrogen (secondary N) is 1. The van der Waals surface area contributed by atoms with Crippen molar-refractivity contribution in [2.45, 2.75) is 19.9 Å². The first-order chi connectivity index (χ1) is 9.60. The smallest absolute Gasteiger partial charge is 0.225 e. The summed E-state index contributed by atoms with van der Waals surface area (Å²) in [6.45, 7) is 2.47. The van der Waals surface area contributed by atoms with E-state index in [0.29, 0.717) is 13.0 Å². The van der Waals surface area contributed by atoms with Crippen molar-refractivity contribution in [2.24, 2.45) is 0 Å². The van der Waals surface area contributed by atoms with E-state index in [0.717, 1.165) is 17.1 Å². The molecule has 1 aromatic heterocycles. The van der Waals surface area contributed by atoms with E-state index in [9.17, 15) is 4.79 Å². The average molecular weight is 272 g/mol. The topological polar surface area (TPSA) is 50.2 Å². The minimum atomic E-state index is -0.00490. The zero-order valence-electron chi connectivity index (χ0n) is 12.1. The van der Waals surface area contributed by atoms with Gasteiger partial charge in [0.25, 0.3) is 0 Å². The van der Waals surface area contributed by atoms with Crippen molar-refractivity contribution in [2.75, 3.05) is 24.3 Å². The molecule has 1 N–H and O–H groups in total. The van der Waals surface area contributed by atoms with Gasteiger partial charge in [0.1, 0.15) is 5.82 Å². The monoisotopic (exact) mass is 272 g/mol. The summed E-state index contributed by atoms with van der Waals surface area (Å²) in [6, 6.07) is 10.1. The molecule has 1 amide bonds. The molecule has 2 aromatic rings. The van der Waals surface area contributed by atoms with E-state index in [1.54, 1.807) is 10.9 Å². The van der Waals surface area contributed by atoms with Gasteiger partial charge in [0.05, 0.1) is 12.7 Å². The number of hydrogen-bond donors (Lipinski definition) is 1. The number of amides is 1. The van der Waals surface area contributed by atoms with Crippen molar-refractivity contribution in [3.63, 3.8) is 0 Å². The van der Waals surface area contributed by atoms with Crippen LogP contribution < -0.4 is 10.2 Å². The SMILES string of the molecule is CCC(=O)Nc1ccnn1Cc1ccc(N(C)C)cc1. The first-order valence-electron chi connectivity index (χ1n) is 6.68. The van der Waals surface area contributed by atoms with Crippen LogP contribution >= 0.6 is 0 Å². The summed E-state index contributed by atoms with van der Waals surface area (Å²) in [5.41, 5.74) is 2.31. The van der Waals surface area contributed by atoms with E-state index in [1.807, 2.05) is 27.1 Å². The van der Waals surface area contributed by atoms with Crippen LogP contribution in [-0.4, -0.2) is 29.8 Å². The highest BCUT2D eigenvalue weighted by molar-refractivity contribution is 5.89. The lowest BCUT2D eigenvalue weighted by Crippen LogP contribution is -2.15. The fourth-order valence-corrected chi connectivity index (χ4v) is 1.87. The molecule has 1 heterocycles. The Balaban J connectivity index is 2.10. The van der Waals surface area contributed by atoms with Crippen LogP contribution in [-0.2, 0) is 11.3 Å². The molecule has 1 aromatic carbocycles. The fraction of sp³-hybridized carbons (Fsp3) is 0.333. The van der Waals surface area contributed by atoms with Gasteiger partial charge < -0.3 is 10.2 Å². The van der Waals surface area contributed by atoms with Crippen molar-refractivity contribution in [3.8, 4) is 0 Å². The van der Waals surface area contributed by atoms with Gasteiger partial charge in [-0.2, -0.15) is 5.10 Å². The molecular weight excluding hydrogens is 252 g/mol. The van der Waals surface area contributed by atoms with Crippen LogP contribution in [0.3, 0.4) is 0 Å². The van der Waals surface area contributed by atoms with E-state index in [-0.39, 0.29) is 5.91 Å². The third-order valence-electron chi connectivity index (χ3n) is 3.09. The highest BCUT2D eigenvalue weighted by Gasteiger charge is 2.06. The van der Waals surface area contributed by atoms with Crippen LogP contribution in [0, 0.1) is 0 Å². The van der Waals surface area contributed by atoms with E-state index >= 15 is 0 Å². The van der Waals surface area contributed by atoms with Crippen LogP contribution in [0.1, 0.15) is 18.9 Å². The van der Waals surface area contributed by atoms with Crippen LogP contribution in [0.2, 0.25) is 0 Å². The maximum atomic E-state index is 11.4. The predicted octanol–water partition coefficient (Wildman–Crippen LogP) is 2.35. The van der Waals surface area contributed by atoms with E-state index < -0.39 is 0 Å². The lowest BCUT2D eigenvalue weighted by atomic mass is 10.2. The number of carbonyl (C=O) groups excluding carboxylic acids is 1. The molecule has 0 aliphatic rings. The highest BCUT2D eigenvalue weighted by Crippen LogP contribution is 2.15. The highest BCUT2D eigenvalue weighted by atomic mass is 16.1. The van der Waals surface area contributed by atoms with Crippen molar-refractivity contribution in [1.82, 2.24) is 9.78 Å². The lowest BCUT2D eigenvalue weighted by Gasteiger charge is -2.13. The quantitative estimate of drug-likeness (QED) is 0.909. The standard InChI is InChI=1S/C15H20N4O/c1-4-15(20)17-14-9-10-16-19(14)11-12-5-7-13(8-6-12)18(2)3/h5-10H,4,11H2,1-3H3,(H,17,20). The number of carbonyl (C=O) groups is 1. The minimum absolute atomic E-state index is 0.00490. The summed E-state index contributed by atoms with van der Waals surface area (Å²) in [4.78, 5) is 13.5. The number of hydrogen-bond acceptors (Lipinski definition) is 3. The molecule has 0 aliphatic carbocycles. The van der Waals surface area contributed by atoms with Crippen molar-refractivity contribution >= 4 is 17.4 Å². The molecule has 20 heavy (non-hydrogen) atoms. The summed E-state index contributed by atoms with van der Waals surface area (Å²) >= 11 is 0. The Bertz CT molecular complexity index is 572. The molecule has 5 heteroatoms. The summed E-state index contributed by atoms with van der Waals surface area (Å²) < 4.78 is 1.79. The summed E-state index contributed by atoms with van der Waals surface area (Å²) in [5, 5.41) is 7.09. The Morgan fingerprint density at radius 3 is 2.55 bits per heavy atom. The first kappa shape index (κ1) is 14.1. The van der Waals surface area contributed by atoms with Gasteiger partial charge in [0.15, 0.2) is 0 Å². The summed E-state index contributed by atoms with van der Waals surface area (Å²) in [5.74, 6) is 0.725. The van der Waals surface area contributed by atoms with Gasteiger partial charge in [-0.3, -0.25) is 4.79 Å². The van der Waals surface area contributed by atoms with Gasteiger partial charge in [0.2, 0.25) is 5.91 Å². The summed E-state index contributed by atoms with van der Waals surface area (Å²) in [6.07, 6.45) is 2.15. The maximum absolute atomic E-state index is 11.4. The normalized spacial score (nSPS) is 10.3. The molecule has 0 saturated heterocycles. The van der Waals surface area contributed by atoms with E-state index in [2.05, 4.69) is 39.6 Å². The Hall–Kier alpha value is -2.30. The molecule has 0 unspecified atom stereocenters. The van der Waals surface area contributed by atoms with Gasteiger partial charge in [-0.05, 0) is 17.7 Å². The molecule has 5 nitrogen and oxygen atoms in total. The molecule has 0 spiro atoms. The number of rotatable bonds is 5. The minimum Gasteiger partial charge on any atom is -0.378 e. The molecule has 0 bridgehead atoms. The molecule has 0 radical (unpaired) electrons. The molecular formula is C15H20N4O. The van der Waals surface area contributed by atoms with E-state index in [1.165, 1.54) is 0 Å². The van der Waals surface area contributed by atoms with Crippen LogP contribution in [0.5, 0.6) is 0 Å². The maximum Gasteiger partial charge on any atom is 0.225 e. The zero-order valence-corrected chi connectivity index (χ0v) is 12.1. The first-order valence-corrected chi connectivity index (χ1v) is 6.68. The van der Waals surface area contributed by atoms with Crippen molar-refractivity contribution in [1.29, 1.82) is 0 Å². The number of nitrogens with zero attached hydrogens (tertiary/aromatic N) is 3. The zero-order chi connectivity index (χ0) is 14.5. The van der Waals surface area contributed by atoms with Crippen molar-refractivity contribution in [3.05, 3.63) is 42.1 Å². The van der Waals surface area contributed by atoms with Gasteiger partial charge in [-0.15, -0.1) is 0 Å². The van der Waals surface area contributed by atoms with Crippen LogP contribution in [0.4, 0.5) is 11.5 Å². The van der Waals surface area contributed by atoms with Gasteiger partial charge in [0, 0.05) is 32.3 Å². The summed E-state index contributed by atoms with van der Waals surface area (Å²) in [7, 11) is 4.03. The third kappa shape index (κ3) is 3.38. The van der Waals surface area contributed by atoms with Gasteiger partial charge in [-0.1, -0.05) is 19.1 Å². The second-order valence-electron chi connectivity index (χ2n) is 4.84. The third-order valence-corrected chi connectivity index (χ3v) is 3.09. The lowest BCUT2D eigenvalue weighted by molar-refractivity contribution is -0.115. The molecule has 0 saturated carbocycles. The molecule has 2 rings (SSSR count). The fourth-order valence-electron chi connectivity index (χ4n) is 1.87. The Labute approximate surface area is 119 Å². The number of benzene rings is 1. The molecule has 106 valence electrons. The molecule has 0 aliphatic heterocycles. The number of anilines is 2. The Morgan fingerprint density at radius 2 is 1.95 bits per heavy atom. The molecule has 0 fully saturated rings. The van der Waals surface area contributed by atoms with Gasteiger partial charge >= 0.3 is 0 Å². The van der Waals surface area contributed by atoms with E-state index in [4.69, 9.17) is 0 Å². The predicted molar refractivity (Wildman–Crippen MR) is 81.0 cm³/mol.